The summed E-state index contributed by atoms with van der Waals surface area (Å²) in [5.41, 5.74) is 6.28. The van der Waals surface area contributed by atoms with Crippen LogP contribution in [-0.2, 0) is 11.3 Å². The van der Waals surface area contributed by atoms with Crippen molar-refractivity contribution in [3.05, 3.63) is 48.0 Å². The number of benzene rings is 2. The largest absolute Gasteiger partial charge is 0.341 e. The van der Waals surface area contributed by atoms with Gasteiger partial charge < -0.3 is 4.57 Å². The summed E-state index contributed by atoms with van der Waals surface area (Å²) in [5.74, 6) is 1.54. The van der Waals surface area contributed by atoms with Crippen LogP contribution >= 0.6 is 0 Å². The number of nitrogens with zero attached hydrogens (tertiary/aromatic N) is 2. The Hall–Kier alpha value is -2.62. The van der Waals surface area contributed by atoms with Crippen LogP contribution < -0.4 is 5.43 Å². The Morgan fingerprint density at radius 2 is 1.85 bits per heavy atom. The Kier molecular flexibility index (Phi) is 4.00. The van der Waals surface area contributed by atoms with E-state index in [9.17, 15) is 4.79 Å². The second-order valence-corrected chi connectivity index (χ2v) is 7.91. The molecule has 27 heavy (non-hydrogen) atoms. The first-order valence-corrected chi connectivity index (χ1v) is 10.1. The van der Waals surface area contributed by atoms with Crippen molar-refractivity contribution < 1.29 is 4.79 Å². The van der Waals surface area contributed by atoms with Crippen molar-refractivity contribution in [2.45, 2.75) is 39.2 Å². The molecule has 1 heterocycles. The van der Waals surface area contributed by atoms with Crippen molar-refractivity contribution in [2.75, 3.05) is 0 Å². The first-order valence-electron chi connectivity index (χ1n) is 10.1. The second kappa shape index (κ2) is 6.52. The first kappa shape index (κ1) is 16.5. The lowest BCUT2D eigenvalue weighted by atomic mass is 10.0. The molecular formula is C23H25N3O. The third-order valence-electron chi connectivity index (χ3n) is 6.46. The molecule has 2 aliphatic carbocycles. The summed E-state index contributed by atoms with van der Waals surface area (Å²) in [6.45, 7) is 3.11. The molecule has 2 aromatic carbocycles. The summed E-state index contributed by atoms with van der Waals surface area (Å²) < 4.78 is 2.34. The van der Waals surface area contributed by atoms with Crippen LogP contribution in [0.4, 0.5) is 0 Å². The maximum absolute atomic E-state index is 12.4. The van der Waals surface area contributed by atoms with Crippen molar-refractivity contribution in [2.24, 2.45) is 22.9 Å². The van der Waals surface area contributed by atoms with Crippen LogP contribution in [0.3, 0.4) is 0 Å². The number of hydrogen-bond donors (Lipinski definition) is 1. The third kappa shape index (κ3) is 2.75. The van der Waals surface area contributed by atoms with E-state index in [2.05, 4.69) is 64.5 Å². The minimum absolute atomic E-state index is 0.104. The molecule has 2 atom stereocenters. The van der Waals surface area contributed by atoms with Gasteiger partial charge in [0, 0.05) is 34.3 Å². The maximum Gasteiger partial charge on any atom is 0.243 e. The van der Waals surface area contributed by atoms with Crippen molar-refractivity contribution in [1.29, 1.82) is 0 Å². The summed E-state index contributed by atoms with van der Waals surface area (Å²) in [6, 6.07) is 14.9. The SMILES string of the molecule is CCn1c2ccccc2c2cc(C=NNC(=O)C3[C@H]4CCCC[C@H]34)ccc21. The quantitative estimate of drug-likeness (QED) is 0.533. The molecule has 4 heteroatoms. The summed E-state index contributed by atoms with van der Waals surface area (Å²) in [4.78, 5) is 12.4. The molecule has 1 amide bonds. The van der Waals surface area contributed by atoms with Crippen LogP contribution in [0.25, 0.3) is 21.8 Å². The predicted molar refractivity (Wildman–Crippen MR) is 110 cm³/mol. The van der Waals surface area contributed by atoms with Gasteiger partial charge in [-0.05, 0) is 55.4 Å². The van der Waals surface area contributed by atoms with Crippen LogP contribution in [0.5, 0.6) is 0 Å². The summed E-state index contributed by atoms with van der Waals surface area (Å²) in [7, 11) is 0. The van der Waals surface area contributed by atoms with Gasteiger partial charge in [0.1, 0.15) is 0 Å². The van der Waals surface area contributed by atoms with Gasteiger partial charge in [-0.2, -0.15) is 5.10 Å². The smallest absolute Gasteiger partial charge is 0.243 e. The molecule has 138 valence electrons. The molecule has 3 aromatic rings. The Morgan fingerprint density at radius 3 is 2.63 bits per heavy atom. The first-order chi connectivity index (χ1) is 13.3. The van der Waals surface area contributed by atoms with Crippen LogP contribution in [-0.4, -0.2) is 16.7 Å². The summed E-state index contributed by atoms with van der Waals surface area (Å²) in [6.07, 6.45) is 6.75. The van der Waals surface area contributed by atoms with Gasteiger partial charge in [0.2, 0.25) is 5.91 Å². The van der Waals surface area contributed by atoms with Gasteiger partial charge in [0.25, 0.3) is 0 Å². The lowest BCUT2D eigenvalue weighted by Gasteiger charge is -2.04. The average molecular weight is 359 g/mol. The molecule has 0 radical (unpaired) electrons. The van der Waals surface area contributed by atoms with Gasteiger partial charge >= 0.3 is 0 Å². The third-order valence-corrected chi connectivity index (χ3v) is 6.46. The van der Waals surface area contributed by atoms with Gasteiger partial charge in [0.05, 0.1) is 6.21 Å². The fourth-order valence-electron chi connectivity index (χ4n) is 5.12. The van der Waals surface area contributed by atoms with E-state index in [4.69, 9.17) is 0 Å². The number of aryl methyl sites for hydroxylation is 1. The molecule has 2 fully saturated rings. The molecule has 0 aliphatic heterocycles. The Balaban J connectivity index is 1.37. The highest BCUT2D eigenvalue weighted by molar-refractivity contribution is 6.09. The van der Waals surface area contributed by atoms with E-state index in [0.29, 0.717) is 11.8 Å². The number of hydrazone groups is 1. The Bertz CT molecular complexity index is 1040. The minimum Gasteiger partial charge on any atom is -0.341 e. The zero-order chi connectivity index (χ0) is 18.4. The molecule has 2 saturated carbocycles. The predicted octanol–water partition coefficient (Wildman–Crippen LogP) is 4.70. The minimum atomic E-state index is 0.104. The molecule has 0 spiro atoms. The molecular weight excluding hydrogens is 334 g/mol. The molecule has 2 aliphatic rings. The normalized spacial score (nSPS) is 24.4. The standard InChI is InChI=1S/C23H25N3O/c1-2-26-20-10-6-5-7-16(20)19-13-15(11-12-21(19)26)14-24-25-23(27)22-17-8-3-4-9-18(17)22/h5-7,10-14,17-18,22H,2-4,8-9H2,1H3,(H,25,27)/t17-,18-/m0/s1. The molecule has 0 unspecified atom stereocenters. The van der Waals surface area contributed by atoms with Crippen LogP contribution in [0.15, 0.2) is 47.6 Å². The molecule has 1 N–H and O–H groups in total. The van der Waals surface area contributed by atoms with Gasteiger partial charge in [-0.3, -0.25) is 4.79 Å². The van der Waals surface area contributed by atoms with E-state index in [1.165, 1.54) is 47.5 Å². The topological polar surface area (TPSA) is 46.4 Å². The van der Waals surface area contributed by atoms with Gasteiger partial charge in [0.15, 0.2) is 0 Å². The number of aromatic nitrogens is 1. The van der Waals surface area contributed by atoms with Gasteiger partial charge in [-0.15, -0.1) is 0 Å². The number of carbonyl (C=O) groups is 1. The molecule has 5 rings (SSSR count). The van der Waals surface area contributed by atoms with E-state index in [1.807, 2.05) is 0 Å². The van der Waals surface area contributed by atoms with Gasteiger partial charge in [-0.25, -0.2) is 5.43 Å². The highest BCUT2D eigenvalue weighted by Crippen LogP contribution is 2.55. The highest BCUT2D eigenvalue weighted by Gasteiger charge is 2.54. The monoisotopic (exact) mass is 359 g/mol. The number of fused-ring (bicyclic) bond motifs is 4. The van der Waals surface area contributed by atoms with E-state index < -0.39 is 0 Å². The molecule has 1 aromatic heterocycles. The summed E-state index contributed by atoms with van der Waals surface area (Å²) in [5, 5.41) is 6.74. The number of hydrogen-bond acceptors (Lipinski definition) is 2. The number of amides is 1. The van der Waals surface area contributed by atoms with Crippen LogP contribution in [0.1, 0.15) is 38.2 Å². The fraction of sp³-hybridized carbons (Fsp3) is 0.391. The number of carbonyl (C=O) groups excluding carboxylic acids is 1. The Labute approximate surface area is 159 Å². The number of rotatable bonds is 4. The molecule has 0 saturated heterocycles. The van der Waals surface area contributed by atoms with E-state index >= 15 is 0 Å². The van der Waals surface area contributed by atoms with Crippen LogP contribution in [0, 0.1) is 17.8 Å². The summed E-state index contributed by atoms with van der Waals surface area (Å²) >= 11 is 0. The van der Waals surface area contributed by atoms with E-state index in [-0.39, 0.29) is 11.8 Å². The Morgan fingerprint density at radius 1 is 1.11 bits per heavy atom. The second-order valence-electron chi connectivity index (χ2n) is 7.91. The molecule has 0 bridgehead atoms. The number of para-hydroxylation sites is 1. The average Bonchev–Trinajstić information content (AvgIpc) is 3.36. The zero-order valence-corrected chi connectivity index (χ0v) is 15.7. The van der Waals surface area contributed by atoms with E-state index in [0.717, 1.165) is 12.1 Å². The fourth-order valence-corrected chi connectivity index (χ4v) is 5.12. The zero-order valence-electron chi connectivity index (χ0n) is 15.7. The van der Waals surface area contributed by atoms with Crippen molar-refractivity contribution in [3.63, 3.8) is 0 Å². The highest BCUT2D eigenvalue weighted by atomic mass is 16.2. The maximum atomic E-state index is 12.4. The van der Waals surface area contributed by atoms with E-state index in [1.54, 1.807) is 6.21 Å². The van der Waals surface area contributed by atoms with Crippen molar-refractivity contribution in [1.82, 2.24) is 9.99 Å². The van der Waals surface area contributed by atoms with Crippen molar-refractivity contribution >= 4 is 33.9 Å². The van der Waals surface area contributed by atoms with Crippen molar-refractivity contribution in [3.8, 4) is 0 Å². The van der Waals surface area contributed by atoms with Gasteiger partial charge in [-0.1, -0.05) is 37.1 Å². The lowest BCUT2D eigenvalue weighted by molar-refractivity contribution is -0.122. The van der Waals surface area contributed by atoms with Crippen LogP contribution in [0.2, 0.25) is 0 Å². The number of nitrogens with one attached hydrogen (secondary N) is 1. The lowest BCUT2D eigenvalue weighted by Crippen LogP contribution is -2.20. The molecule has 4 nitrogen and oxygen atoms in total.